The summed E-state index contributed by atoms with van der Waals surface area (Å²) in [6.45, 7) is 2.08. The highest BCUT2D eigenvalue weighted by molar-refractivity contribution is 6.42. The number of benzene rings is 3. The molecule has 2 heterocycles. The average Bonchev–Trinajstić information content (AvgIpc) is 3.81. The molecule has 4 aromatic rings. The van der Waals surface area contributed by atoms with Gasteiger partial charge in [0, 0.05) is 41.7 Å². The van der Waals surface area contributed by atoms with Crippen LogP contribution in [0.25, 0.3) is 5.69 Å². The van der Waals surface area contributed by atoms with Gasteiger partial charge in [-0.05, 0) is 79.9 Å². The predicted molar refractivity (Wildman–Crippen MR) is 170 cm³/mol. The van der Waals surface area contributed by atoms with Crippen LogP contribution in [0.4, 0.5) is 5.95 Å². The van der Waals surface area contributed by atoms with Gasteiger partial charge in [-0.25, -0.2) is 9.55 Å². The van der Waals surface area contributed by atoms with Gasteiger partial charge in [-0.15, -0.1) is 0 Å². The molecule has 2 N–H and O–H groups in total. The van der Waals surface area contributed by atoms with E-state index in [9.17, 15) is 14.4 Å². The minimum atomic E-state index is -0.260. The number of aromatic nitrogens is 2. The number of hydrogen-bond donors (Lipinski definition) is 2. The quantitative estimate of drug-likeness (QED) is 0.280. The number of carbonyl (C=O) groups excluding carboxylic acids is 2. The van der Waals surface area contributed by atoms with Crippen LogP contribution < -0.4 is 20.9 Å². The van der Waals surface area contributed by atoms with Gasteiger partial charge < -0.3 is 20.3 Å². The molecule has 226 valence electrons. The first kappa shape index (κ1) is 29.7. The first-order valence-electron chi connectivity index (χ1n) is 14.3. The minimum absolute atomic E-state index is 0.0567. The Bertz CT molecular complexity index is 1810. The van der Waals surface area contributed by atoms with Crippen molar-refractivity contribution in [3.8, 4) is 11.4 Å². The van der Waals surface area contributed by atoms with Gasteiger partial charge in [0.25, 0.3) is 17.4 Å². The number of nitrogens with zero attached hydrogens (tertiary/aromatic N) is 3. The summed E-state index contributed by atoms with van der Waals surface area (Å²) < 4.78 is 6.86. The number of methoxy groups -OCH3 is 1. The Hall–Kier alpha value is -4.34. The first-order chi connectivity index (χ1) is 21.2. The molecule has 44 heavy (non-hydrogen) atoms. The van der Waals surface area contributed by atoms with Gasteiger partial charge in [-0.3, -0.25) is 14.4 Å². The molecule has 0 radical (unpaired) electrons. The molecule has 1 saturated carbocycles. The smallest absolute Gasteiger partial charge is 0.263 e. The van der Waals surface area contributed by atoms with Crippen LogP contribution in [0.5, 0.6) is 5.75 Å². The molecule has 2 aliphatic rings. The van der Waals surface area contributed by atoms with E-state index < -0.39 is 0 Å². The van der Waals surface area contributed by atoms with E-state index in [-0.39, 0.29) is 41.9 Å². The van der Waals surface area contributed by atoms with Crippen molar-refractivity contribution in [2.45, 2.75) is 44.3 Å². The van der Waals surface area contributed by atoms with Crippen molar-refractivity contribution in [3.63, 3.8) is 0 Å². The highest BCUT2D eigenvalue weighted by atomic mass is 35.5. The third-order valence-corrected chi connectivity index (χ3v) is 9.04. The first-order valence-corrected chi connectivity index (χ1v) is 15.1. The average molecular weight is 633 g/mol. The fourth-order valence-corrected chi connectivity index (χ4v) is 6.01. The maximum absolute atomic E-state index is 14.2. The van der Waals surface area contributed by atoms with Gasteiger partial charge in [0.1, 0.15) is 5.75 Å². The van der Waals surface area contributed by atoms with E-state index in [2.05, 4.69) is 10.6 Å². The lowest BCUT2D eigenvalue weighted by molar-refractivity contribution is 0.0653. The number of hydrogen-bond acceptors (Lipinski definition) is 6. The topological polar surface area (TPSA) is 106 Å². The van der Waals surface area contributed by atoms with Crippen molar-refractivity contribution in [2.75, 3.05) is 19.5 Å². The zero-order valence-electron chi connectivity index (χ0n) is 24.4. The van der Waals surface area contributed by atoms with Crippen LogP contribution >= 0.6 is 23.2 Å². The van der Waals surface area contributed by atoms with Gasteiger partial charge in [-0.2, -0.15) is 0 Å². The van der Waals surface area contributed by atoms with Gasteiger partial charge >= 0.3 is 0 Å². The normalized spacial score (nSPS) is 18.8. The van der Waals surface area contributed by atoms with Crippen molar-refractivity contribution in [3.05, 3.63) is 115 Å². The number of rotatable bonds is 7. The number of anilines is 1. The minimum Gasteiger partial charge on any atom is -0.497 e. The van der Waals surface area contributed by atoms with Crippen LogP contribution in [0.15, 0.2) is 71.5 Å². The zero-order valence-corrected chi connectivity index (χ0v) is 25.9. The molecule has 0 bridgehead atoms. The Morgan fingerprint density at radius 3 is 2.34 bits per heavy atom. The van der Waals surface area contributed by atoms with Gasteiger partial charge in [0.2, 0.25) is 5.95 Å². The molecule has 1 aliphatic carbocycles. The van der Waals surface area contributed by atoms with Crippen LogP contribution in [-0.4, -0.2) is 52.5 Å². The molecule has 0 saturated heterocycles. The van der Waals surface area contributed by atoms with E-state index in [1.165, 1.54) is 0 Å². The summed E-state index contributed by atoms with van der Waals surface area (Å²) in [7, 11) is 3.21. The van der Waals surface area contributed by atoms with E-state index in [0.717, 1.165) is 17.7 Å². The number of fused-ring (bicyclic) bond motifs is 1. The molecule has 3 atom stereocenters. The van der Waals surface area contributed by atoms with E-state index in [0.29, 0.717) is 50.5 Å². The fraction of sp³-hybridized carbons (Fsp3) is 0.273. The number of ether oxygens (including phenoxy) is 1. The Kier molecular flexibility index (Phi) is 8.09. The predicted octanol–water partition coefficient (Wildman–Crippen LogP) is 5.46. The SMILES string of the molecule is CNC(=O)c1ccc(-n2c(N[C@H]3C[C@@H]3c3ccc(OC)cc3)nc3c(c2=O)C[C@@H](C)N(C(=O)c2ccc(Cl)c(Cl)c2)C3)cc1. The number of nitrogens with one attached hydrogen (secondary N) is 2. The second kappa shape index (κ2) is 12.0. The standard InChI is InChI=1S/C33H31Cl2N5O4/c1-18-14-25-29(17-39(18)31(42)21-8-13-26(34)27(35)15-21)38-33(37-28-16-24(28)19-6-11-23(44-3)12-7-19)40(32(25)43)22-9-4-20(5-10-22)30(41)36-2/h4-13,15,18,24,28H,14,16-17H2,1-3H3,(H,36,41)(H,37,38)/t18-,24-,28+/m1/s1. The van der Waals surface area contributed by atoms with Gasteiger partial charge in [-0.1, -0.05) is 35.3 Å². The number of halogens is 2. The Balaban J connectivity index is 1.36. The van der Waals surface area contributed by atoms with Crippen molar-refractivity contribution < 1.29 is 14.3 Å². The zero-order chi connectivity index (χ0) is 31.1. The van der Waals surface area contributed by atoms with Crippen molar-refractivity contribution in [1.29, 1.82) is 0 Å². The second-order valence-electron chi connectivity index (χ2n) is 11.1. The summed E-state index contributed by atoms with van der Waals surface area (Å²) >= 11 is 12.3. The maximum atomic E-state index is 14.2. The molecule has 9 nitrogen and oxygen atoms in total. The summed E-state index contributed by atoms with van der Waals surface area (Å²) in [5.74, 6) is 0.989. The van der Waals surface area contributed by atoms with Gasteiger partial charge in [0.05, 0.1) is 35.1 Å². The molecule has 3 aromatic carbocycles. The summed E-state index contributed by atoms with van der Waals surface area (Å²) in [6, 6.07) is 19.4. The van der Waals surface area contributed by atoms with E-state index in [4.69, 9.17) is 32.9 Å². The molecule has 2 amide bonds. The summed E-state index contributed by atoms with van der Waals surface area (Å²) in [5, 5.41) is 6.79. The Morgan fingerprint density at radius 2 is 1.68 bits per heavy atom. The third-order valence-electron chi connectivity index (χ3n) is 8.31. The third kappa shape index (κ3) is 5.65. The molecule has 0 spiro atoms. The molecular formula is C33H31Cl2N5O4. The summed E-state index contributed by atoms with van der Waals surface area (Å²) in [4.78, 5) is 46.5. The molecule has 1 fully saturated rings. The molecule has 11 heteroatoms. The van der Waals surface area contributed by atoms with E-state index in [1.807, 2.05) is 31.2 Å². The highest BCUT2D eigenvalue weighted by Crippen LogP contribution is 2.43. The molecular weight excluding hydrogens is 601 g/mol. The van der Waals surface area contributed by atoms with Crippen molar-refractivity contribution in [2.24, 2.45) is 0 Å². The fourth-order valence-electron chi connectivity index (χ4n) is 5.71. The molecule has 0 unspecified atom stereocenters. The monoisotopic (exact) mass is 631 g/mol. The van der Waals surface area contributed by atoms with Gasteiger partial charge in [0.15, 0.2) is 0 Å². The lowest BCUT2D eigenvalue weighted by Gasteiger charge is -2.34. The lowest BCUT2D eigenvalue weighted by atomic mass is 9.98. The maximum Gasteiger partial charge on any atom is 0.263 e. The second-order valence-corrected chi connectivity index (χ2v) is 11.9. The molecule has 1 aliphatic heterocycles. The Morgan fingerprint density at radius 1 is 0.977 bits per heavy atom. The number of carbonyl (C=O) groups is 2. The van der Waals surface area contributed by atoms with Crippen molar-refractivity contribution in [1.82, 2.24) is 19.8 Å². The summed E-state index contributed by atoms with van der Waals surface area (Å²) in [6.07, 6.45) is 1.20. The van der Waals surface area contributed by atoms with Crippen molar-refractivity contribution >= 4 is 41.0 Å². The van der Waals surface area contributed by atoms with Crippen LogP contribution in [0.2, 0.25) is 10.0 Å². The van der Waals surface area contributed by atoms with Crippen LogP contribution in [0, 0.1) is 0 Å². The Labute approximate surface area is 264 Å². The molecule has 6 rings (SSSR count). The van der Waals surface area contributed by atoms with Crippen LogP contribution in [0.1, 0.15) is 56.8 Å². The number of amides is 2. The highest BCUT2D eigenvalue weighted by Gasteiger charge is 2.40. The molecule has 1 aromatic heterocycles. The lowest BCUT2D eigenvalue weighted by Crippen LogP contribution is -2.46. The van der Waals surface area contributed by atoms with E-state index >= 15 is 0 Å². The van der Waals surface area contributed by atoms with E-state index in [1.54, 1.807) is 66.1 Å². The largest absolute Gasteiger partial charge is 0.497 e. The van der Waals surface area contributed by atoms with Crippen LogP contribution in [-0.2, 0) is 13.0 Å². The summed E-state index contributed by atoms with van der Waals surface area (Å²) in [5.41, 5.74) is 3.54. The van der Waals surface area contributed by atoms with Crippen LogP contribution in [0.3, 0.4) is 0 Å².